The van der Waals surface area contributed by atoms with Crippen LogP contribution in [0.2, 0.25) is 0 Å². The third kappa shape index (κ3) is 3.90. The summed E-state index contributed by atoms with van der Waals surface area (Å²) in [6.45, 7) is 0. The standard InChI is InChI=1S/C16H12N2O/c17-11-14-5-3-13(4-6-14)7-8-16(19)10-15-2-1-9-18-12-15/h1-9,12H,10H2. The molecule has 0 aliphatic rings. The third-order valence-corrected chi connectivity index (χ3v) is 2.60. The molecule has 0 N–H and O–H groups in total. The number of carbonyl (C=O) groups excluding carboxylic acids is 1. The van der Waals surface area contributed by atoms with Gasteiger partial charge in [-0.1, -0.05) is 24.3 Å². The molecule has 0 aliphatic heterocycles. The van der Waals surface area contributed by atoms with Crippen LogP contribution < -0.4 is 0 Å². The summed E-state index contributed by atoms with van der Waals surface area (Å²) >= 11 is 0. The normalized spacial score (nSPS) is 10.3. The van der Waals surface area contributed by atoms with E-state index in [0.29, 0.717) is 12.0 Å². The number of carbonyl (C=O) groups is 1. The molecule has 0 fully saturated rings. The van der Waals surface area contributed by atoms with Gasteiger partial charge in [-0.25, -0.2) is 0 Å². The van der Waals surface area contributed by atoms with Gasteiger partial charge >= 0.3 is 0 Å². The van der Waals surface area contributed by atoms with E-state index in [-0.39, 0.29) is 5.78 Å². The Morgan fingerprint density at radius 3 is 2.68 bits per heavy atom. The van der Waals surface area contributed by atoms with Gasteiger partial charge < -0.3 is 0 Å². The second-order valence-electron chi connectivity index (χ2n) is 4.07. The second kappa shape index (κ2) is 6.27. The molecular weight excluding hydrogens is 236 g/mol. The van der Waals surface area contributed by atoms with E-state index in [2.05, 4.69) is 11.1 Å². The predicted octanol–water partition coefficient (Wildman–Crippen LogP) is 2.78. The van der Waals surface area contributed by atoms with Gasteiger partial charge in [-0.3, -0.25) is 9.78 Å². The van der Waals surface area contributed by atoms with Gasteiger partial charge in [0, 0.05) is 18.8 Å². The molecule has 19 heavy (non-hydrogen) atoms. The Bertz CT molecular complexity index is 622. The van der Waals surface area contributed by atoms with Crippen molar-refractivity contribution < 1.29 is 4.79 Å². The van der Waals surface area contributed by atoms with Crippen LogP contribution in [0.1, 0.15) is 16.7 Å². The van der Waals surface area contributed by atoms with E-state index in [1.54, 1.807) is 36.7 Å². The Morgan fingerprint density at radius 2 is 2.05 bits per heavy atom. The first-order valence-electron chi connectivity index (χ1n) is 5.88. The van der Waals surface area contributed by atoms with Gasteiger partial charge in [0.25, 0.3) is 0 Å². The fraction of sp³-hybridized carbons (Fsp3) is 0.0625. The number of nitrogens with zero attached hydrogens (tertiary/aromatic N) is 2. The van der Waals surface area contributed by atoms with Crippen LogP contribution in [-0.4, -0.2) is 10.8 Å². The zero-order chi connectivity index (χ0) is 13.5. The lowest BCUT2D eigenvalue weighted by Crippen LogP contribution is -1.98. The summed E-state index contributed by atoms with van der Waals surface area (Å²) < 4.78 is 0. The smallest absolute Gasteiger partial charge is 0.160 e. The van der Waals surface area contributed by atoms with Crippen molar-refractivity contribution in [3.05, 3.63) is 71.6 Å². The molecule has 92 valence electrons. The van der Waals surface area contributed by atoms with E-state index in [1.807, 2.05) is 24.3 Å². The van der Waals surface area contributed by atoms with E-state index in [9.17, 15) is 4.79 Å². The molecule has 1 aromatic heterocycles. The summed E-state index contributed by atoms with van der Waals surface area (Å²) in [4.78, 5) is 15.7. The average molecular weight is 248 g/mol. The first kappa shape index (κ1) is 12.7. The molecule has 0 spiro atoms. The summed E-state index contributed by atoms with van der Waals surface area (Å²) in [5.41, 5.74) is 2.41. The Labute approximate surface area is 111 Å². The van der Waals surface area contributed by atoms with Crippen LogP contribution in [0.15, 0.2) is 54.9 Å². The van der Waals surface area contributed by atoms with E-state index < -0.39 is 0 Å². The maximum atomic E-state index is 11.7. The molecule has 0 amide bonds. The van der Waals surface area contributed by atoms with Crippen LogP contribution in [0.3, 0.4) is 0 Å². The van der Waals surface area contributed by atoms with E-state index in [0.717, 1.165) is 11.1 Å². The first-order valence-corrected chi connectivity index (χ1v) is 5.88. The summed E-state index contributed by atoms with van der Waals surface area (Å²) in [7, 11) is 0. The maximum Gasteiger partial charge on any atom is 0.160 e. The molecule has 0 saturated carbocycles. The van der Waals surface area contributed by atoms with Gasteiger partial charge in [0.05, 0.1) is 11.6 Å². The molecule has 2 rings (SSSR count). The van der Waals surface area contributed by atoms with Gasteiger partial charge in [0.2, 0.25) is 0 Å². The number of allylic oxidation sites excluding steroid dienone is 1. The lowest BCUT2D eigenvalue weighted by molar-refractivity contribution is -0.113. The fourth-order valence-corrected chi connectivity index (χ4v) is 1.62. The summed E-state index contributed by atoms with van der Waals surface area (Å²) in [5.74, 6) is 0.0253. The Balaban J connectivity index is 1.98. The van der Waals surface area contributed by atoms with Crippen molar-refractivity contribution in [2.75, 3.05) is 0 Å². The Hall–Kier alpha value is -2.73. The predicted molar refractivity (Wildman–Crippen MR) is 73.1 cm³/mol. The highest BCUT2D eigenvalue weighted by molar-refractivity contribution is 5.94. The highest BCUT2D eigenvalue weighted by Crippen LogP contribution is 2.06. The van der Waals surface area contributed by atoms with Crippen LogP contribution in [-0.2, 0) is 11.2 Å². The fourth-order valence-electron chi connectivity index (χ4n) is 1.62. The minimum absolute atomic E-state index is 0.0253. The number of nitriles is 1. The van der Waals surface area contributed by atoms with Crippen molar-refractivity contribution in [2.24, 2.45) is 0 Å². The SMILES string of the molecule is N#Cc1ccc(C=CC(=O)Cc2cccnc2)cc1. The molecule has 1 aromatic carbocycles. The van der Waals surface area contributed by atoms with Crippen molar-refractivity contribution in [1.82, 2.24) is 4.98 Å². The molecule has 0 unspecified atom stereocenters. The van der Waals surface area contributed by atoms with Crippen molar-refractivity contribution in [3.63, 3.8) is 0 Å². The number of hydrogen-bond acceptors (Lipinski definition) is 3. The Kier molecular flexibility index (Phi) is 4.20. The van der Waals surface area contributed by atoms with Gasteiger partial charge in [0.15, 0.2) is 5.78 Å². The van der Waals surface area contributed by atoms with Crippen LogP contribution in [0.4, 0.5) is 0 Å². The van der Waals surface area contributed by atoms with Gasteiger partial charge in [-0.2, -0.15) is 5.26 Å². The third-order valence-electron chi connectivity index (χ3n) is 2.60. The molecule has 0 aliphatic carbocycles. The number of ketones is 1. The van der Waals surface area contributed by atoms with Gasteiger partial charge in [0.1, 0.15) is 0 Å². The molecule has 0 radical (unpaired) electrons. The molecule has 3 heteroatoms. The van der Waals surface area contributed by atoms with E-state index >= 15 is 0 Å². The highest BCUT2D eigenvalue weighted by Gasteiger charge is 1.99. The first-order chi connectivity index (χ1) is 9.28. The van der Waals surface area contributed by atoms with Gasteiger partial charge in [-0.05, 0) is 35.4 Å². The molecule has 3 nitrogen and oxygen atoms in total. The number of benzene rings is 1. The lowest BCUT2D eigenvalue weighted by atomic mass is 10.1. The average Bonchev–Trinajstić information content (AvgIpc) is 2.47. The highest BCUT2D eigenvalue weighted by atomic mass is 16.1. The van der Waals surface area contributed by atoms with Crippen LogP contribution in [0, 0.1) is 11.3 Å². The van der Waals surface area contributed by atoms with Crippen LogP contribution in [0.5, 0.6) is 0 Å². The van der Waals surface area contributed by atoms with Crippen molar-refractivity contribution in [1.29, 1.82) is 5.26 Å². The lowest BCUT2D eigenvalue weighted by Gasteiger charge is -1.96. The topological polar surface area (TPSA) is 53.8 Å². The summed E-state index contributed by atoms with van der Waals surface area (Å²) in [6, 6.07) is 12.8. The number of aromatic nitrogens is 1. The van der Waals surface area contributed by atoms with E-state index in [4.69, 9.17) is 5.26 Å². The van der Waals surface area contributed by atoms with Crippen molar-refractivity contribution in [3.8, 4) is 6.07 Å². The van der Waals surface area contributed by atoms with Crippen molar-refractivity contribution in [2.45, 2.75) is 6.42 Å². The zero-order valence-electron chi connectivity index (χ0n) is 10.3. The summed E-state index contributed by atoms with van der Waals surface area (Å²) in [5, 5.41) is 8.68. The monoisotopic (exact) mass is 248 g/mol. The Morgan fingerprint density at radius 1 is 1.26 bits per heavy atom. The molecule has 1 heterocycles. The van der Waals surface area contributed by atoms with Crippen LogP contribution >= 0.6 is 0 Å². The molecule has 0 saturated heterocycles. The van der Waals surface area contributed by atoms with Crippen LogP contribution in [0.25, 0.3) is 6.08 Å². The number of pyridine rings is 1. The minimum atomic E-state index is 0.0253. The number of rotatable bonds is 4. The summed E-state index contributed by atoms with van der Waals surface area (Å²) in [6.07, 6.45) is 7.02. The second-order valence-corrected chi connectivity index (χ2v) is 4.07. The maximum absolute atomic E-state index is 11.7. The van der Waals surface area contributed by atoms with E-state index in [1.165, 1.54) is 0 Å². The largest absolute Gasteiger partial charge is 0.294 e. The van der Waals surface area contributed by atoms with Crippen molar-refractivity contribution >= 4 is 11.9 Å². The zero-order valence-corrected chi connectivity index (χ0v) is 10.3. The molecule has 0 bridgehead atoms. The number of hydrogen-bond donors (Lipinski definition) is 0. The molecule has 0 atom stereocenters. The molecule has 2 aromatic rings. The minimum Gasteiger partial charge on any atom is -0.294 e. The van der Waals surface area contributed by atoms with Gasteiger partial charge in [-0.15, -0.1) is 0 Å². The quantitative estimate of drug-likeness (QED) is 0.782. The molecular formula is C16H12N2O.